The van der Waals surface area contributed by atoms with Crippen molar-refractivity contribution in [1.82, 2.24) is 9.97 Å². The van der Waals surface area contributed by atoms with Crippen molar-refractivity contribution in [3.63, 3.8) is 0 Å². The van der Waals surface area contributed by atoms with Gasteiger partial charge in [-0.2, -0.15) is 4.98 Å². The molecule has 5 heteroatoms. The minimum absolute atomic E-state index is 0. The van der Waals surface area contributed by atoms with E-state index in [9.17, 15) is 0 Å². The number of hydrogen-bond acceptors (Lipinski definition) is 4. The van der Waals surface area contributed by atoms with E-state index in [0.717, 1.165) is 42.5 Å². The van der Waals surface area contributed by atoms with Crippen LogP contribution in [0.1, 0.15) is 36.7 Å². The molecule has 1 unspecified atom stereocenters. The summed E-state index contributed by atoms with van der Waals surface area (Å²) in [5.41, 5.74) is 5.02. The molecule has 0 bridgehead atoms. The van der Waals surface area contributed by atoms with E-state index >= 15 is 0 Å². The maximum atomic E-state index is 4.95. The molecular weight excluding hydrogens is 368 g/mol. The summed E-state index contributed by atoms with van der Waals surface area (Å²) in [5.74, 6) is 1.77. The highest BCUT2D eigenvalue weighted by Gasteiger charge is 2.25. The van der Waals surface area contributed by atoms with Crippen LogP contribution >= 0.6 is 12.4 Å². The van der Waals surface area contributed by atoms with Crippen molar-refractivity contribution in [3.8, 4) is 0 Å². The van der Waals surface area contributed by atoms with E-state index in [4.69, 9.17) is 9.97 Å². The molecule has 0 fully saturated rings. The van der Waals surface area contributed by atoms with Gasteiger partial charge in [0.05, 0.1) is 6.04 Å². The Morgan fingerprint density at radius 1 is 1.04 bits per heavy atom. The number of nitrogens with zero attached hydrogens (tertiary/aromatic N) is 4. The first kappa shape index (κ1) is 20.2. The molecule has 2 heterocycles. The van der Waals surface area contributed by atoms with Gasteiger partial charge in [0.2, 0.25) is 5.95 Å². The normalized spacial score (nSPS) is 15.5. The first-order valence-corrected chi connectivity index (χ1v) is 9.68. The van der Waals surface area contributed by atoms with Gasteiger partial charge in [-0.05, 0) is 43.0 Å². The molecule has 1 aliphatic heterocycles. The molecule has 4 nitrogen and oxygen atoms in total. The van der Waals surface area contributed by atoms with Crippen molar-refractivity contribution in [3.05, 3.63) is 77.5 Å². The van der Waals surface area contributed by atoms with Gasteiger partial charge in [0.25, 0.3) is 0 Å². The molecule has 28 heavy (non-hydrogen) atoms. The lowest BCUT2D eigenvalue weighted by Gasteiger charge is -2.36. The van der Waals surface area contributed by atoms with E-state index in [1.165, 1.54) is 11.1 Å². The van der Waals surface area contributed by atoms with E-state index in [1.54, 1.807) is 0 Å². The molecule has 1 aromatic heterocycles. The Morgan fingerprint density at radius 2 is 1.75 bits per heavy atom. The highest BCUT2D eigenvalue weighted by molar-refractivity contribution is 5.85. The van der Waals surface area contributed by atoms with Crippen molar-refractivity contribution < 1.29 is 0 Å². The molecule has 0 saturated heterocycles. The van der Waals surface area contributed by atoms with Crippen LogP contribution in [-0.2, 0) is 12.8 Å². The minimum Gasteiger partial charge on any atom is -0.349 e. The molecule has 0 spiro atoms. The smallest absolute Gasteiger partial charge is 0.231 e. The van der Waals surface area contributed by atoms with Crippen LogP contribution in [0.3, 0.4) is 0 Å². The lowest BCUT2D eigenvalue weighted by atomic mass is 9.93. The van der Waals surface area contributed by atoms with E-state index in [0.29, 0.717) is 6.04 Å². The number of rotatable bonds is 4. The van der Waals surface area contributed by atoms with Crippen molar-refractivity contribution >= 4 is 29.9 Å². The Bertz CT molecular complexity index is 929. The highest BCUT2D eigenvalue weighted by atomic mass is 35.5. The zero-order valence-electron chi connectivity index (χ0n) is 16.7. The summed E-state index contributed by atoms with van der Waals surface area (Å²) in [4.78, 5) is 14.2. The molecule has 2 aromatic carbocycles. The Morgan fingerprint density at radius 3 is 2.50 bits per heavy atom. The molecule has 0 saturated carbocycles. The van der Waals surface area contributed by atoms with Crippen LogP contribution in [0.15, 0.2) is 60.7 Å². The van der Waals surface area contributed by atoms with Gasteiger partial charge >= 0.3 is 0 Å². The number of fused-ring (bicyclic) bond motifs is 1. The number of hydrogen-bond donors (Lipinski definition) is 0. The molecule has 1 atom stereocenters. The second-order valence-electron chi connectivity index (χ2n) is 7.08. The first-order chi connectivity index (χ1) is 13.2. The van der Waals surface area contributed by atoms with E-state index in [2.05, 4.69) is 66.1 Å². The monoisotopic (exact) mass is 394 g/mol. The van der Waals surface area contributed by atoms with Gasteiger partial charge in [-0.1, -0.05) is 49.4 Å². The number of aromatic nitrogens is 2. The quantitative estimate of drug-likeness (QED) is 0.596. The Hall–Kier alpha value is -2.59. The predicted octanol–water partition coefficient (Wildman–Crippen LogP) is 5.35. The Kier molecular flexibility index (Phi) is 6.20. The summed E-state index contributed by atoms with van der Waals surface area (Å²) < 4.78 is 0. The minimum atomic E-state index is 0. The summed E-state index contributed by atoms with van der Waals surface area (Å²) in [6.45, 7) is 5.40. The SMILES string of the molecule is CCc1cc(N2CCc3ccccc3C2C)nc(N(C)c2ccccc2)n1.Cl. The first-order valence-electron chi connectivity index (χ1n) is 9.68. The van der Waals surface area contributed by atoms with E-state index in [1.807, 2.05) is 25.2 Å². The van der Waals surface area contributed by atoms with Crippen LogP contribution in [-0.4, -0.2) is 23.6 Å². The third-order valence-electron chi connectivity index (χ3n) is 5.45. The highest BCUT2D eigenvalue weighted by Crippen LogP contribution is 2.33. The Balaban J connectivity index is 0.00000225. The summed E-state index contributed by atoms with van der Waals surface area (Å²) in [6.07, 6.45) is 1.94. The summed E-state index contributed by atoms with van der Waals surface area (Å²) in [6, 6.07) is 21.5. The fourth-order valence-electron chi connectivity index (χ4n) is 3.80. The summed E-state index contributed by atoms with van der Waals surface area (Å²) in [7, 11) is 2.03. The average molecular weight is 395 g/mol. The molecule has 0 N–H and O–H groups in total. The van der Waals surface area contributed by atoms with Crippen LogP contribution in [0.25, 0.3) is 0 Å². The Labute approximate surface area is 173 Å². The predicted molar refractivity (Wildman–Crippen MR) is 119 cm³/mol. The lowest BCUT2D eigenvalue weighted by molar-refractivity contribution is 0.615. The van der Waals surface area contributed by atoms with Gasteiger partial charge in [-0.25, -0.2) is 4.98 Å². The second-order valence-corrected chi connectivity index (χ2v) is 7.08. The summed E-state index contributed by atoms with van der Waals surface area (Å²) in [5, 5.41) is 0. The standard InChI is InChI=1S/C23H26N4.ClH/c1-4-19-16-22(25-23(24-19)26(3)20-11-6-5-7-12-20)27-15-14-18-10-8-9-13-21(18)17(27)2;/h5-13,16-17H,4,14-15H2,1-3H3;1H. The maximum absolute atomic E-state index is 4.95. The molecule has 4 rings (SSSR count). The van der Waals surface area contributed by atoms with Crippen molar-refractivity contribution in [2.75, 3.05) is 23.4 Å². The van der Waals surface area contributed by atoms with Gasteiger partial charge in [-0.15, -0.1) is 12.4 Å². The van der Waals surface area contributed by atoms with Gasteiger partial charge in [0, 0.05) is 31.0 Å². The van der Waals surface area contributed by atoms with Gasteiger partial charge in [-0.3, -0.25) is 0 Å². The van der Waals surface area contributed by atoms with Gasteiger partial charge in [0.1, 0.15) is 5.82 Å². The van der Waals surface area contributed by atoms with Crippen molar-refractivity contribution in [2.45, 2.75) is 32.7 Å². The van der Waals surface area contributed by atoms with Crippen LogP contribution in [0.5, 0.6) is 0 Å². The number of aryl methyl sites for hydroxylation is 1. The maximum Gasteiger partial charge on any atom is 0.231 e. The second kappa shape index (κ2) is 8.61. The van der Waals surface area contributed by atoms with E-state index < -0.39 is 0 Å². The fraction of sp³-hybridized carbons (Fsp3) is 0.304. The van der Waals surface area contributed by atoms with Crippen molar-refractivity contribution in [2.24, 2.45) is 0 Å². The van der Waals surface area contributed by atoms with Gasteiger partial charge in [0.15, 0.2) is 0 Å². The lowest BCUT2D eigenvalue weighted by Crippen LogP contribution is -2.35. The topological polar surface area (TPSA) is 32.3 Å². The van der Waals surface area contributed by atoms with Gasteiger partial charge < -0.3 is 9.80 Å². The molecule has 0 aliphatic carbocycles. The van der Waals surface area contributed by atoms with Crippen LogP contribution in [0.4, 0.5) is 17.5 Å². The van der Waals surface area contributed by atoms with Crippen molar-refractivity contribution in [1.29, 1.82) is 0 Å². The molecule has 1 aliphatic rings. The number of halogens is 1. The fourth-order valence-corrected chi connectivity index (χ4v) is 3.80. The zero-order valence-corrected chi connectivity index (χ0v) is 17.5. The van der Waals surface area contributed by atoms with E-state index in [-0.39, 0.29) is 12.4 Å². The molecule has 146 valence electrons. The summed E-state index contributed by atoms with van der Waals surface area (Å²) >= 11 is 0. The van der Waals surface area contributed by atoms with Crippen LogP contribution in [0.2, 0.25) is 0 Å². The average Bonchev–Trinajstić information content (AvgIpc) is 2.74. The van der Waals surface area contributed by atoms with Crippen LogP contribution in [0, 0.1) is 0 Å². The molecular formula is C23H27ClN4. The molecule has 0 radical (unpaired) electrons. The molecule has 3 aromatic rings. The number of para-hydroxylation sites is 1. The zero-order chi connectivity index (χ0) is 18.8. The third-order valence-corrected chi connectivity index (χ3v) is 5.45. The number of benzene rings is 2. The third kappa shape index (κ3) is 3.83. The van der Waals surface area contributed by atoms with Crippen LogP contribution < -0.4 is 9.80 Å². The molecule has 0 amide bonds. The number of anilines is 3. The largest absolute Gasteiger partial charge is 0.349 e.